The molecule has 0 aliphatic heterocycles. The number of aryl methyl sites for hydroxylation is 1. The molecule has 0 saturated carbocycles. The molecule has 26 heavy (non-hydrogen) atoms. The molecule has 0 N–H and O–H groups in total. The highest BCUT2D eigenvalue weighted by Crippen LogP contribution is 2.27. The smallest absolute Gasteiger partial charge is 0.344 e. The van der Waals surface area contributed by atoms with Crippen LogP contribution in [0.15, 0.2) is 45.4 Å². The van der Waals surface area contributed by atoms with Gasteiger partial charge in [-0.05, 0) is 42.2 Å². The molecule has 3 rings (SSSR count). The fraction of sp³-hybridized carbons (Fsp3) is 0.316. The Kier molecular flexibility index (Phi) is 5.36. The molecule has 0 unspecified atom stereocenters. The molecule has 0 bridgehead atoms. The zero-order valence-electron chi connectivity index (χ0n) is 14.9. The summed E-state index contributed by atoms with van der Waals surface area (Å²) < 4.78 is 21.3. The molecule has 136 valence electrons. The standard InChI is InChI=1S/C19H20N2O5/c1-12(2)14-7-6-13(3)9-16(14)24-11-18(22)25-10-17-20-21-19(26-17)15-5-4-8-23-15/h4-9,12H,10-11H2,1-3H3. The SMILES string of the molecule is Cc1ccc(C(C)C)c(OCC(=O)OCc2nnc(-c3ccco3)o2)c1. The molecule has 2 heterocycles. The number of rotatable bonds is 7. The number of carbonyl (C=O) groups is 1. The van der Waals surface area contributed by atoms with Crippen LogP contribution >= 0.6 is 0 Å². The maximum absolute atomic E-state index is 11.9. The molecule has 0 aliphatic rings. The molecule has 0 saturated heterocycles. The molecule has 0 amide bonds. The minimum atomic E-state index is -0.515. The van der Waals surface area contributed by atoms with Crippen molar-refractivity contribution < 1.29 is 23.1 Å². The Labute approximate surface area is 150 Å². The van der Waals surface area contributed by atoms with Crippen molar-refractivity contribution in [2.45, 2.75) is 33.3 Å². The van der Waals surface area contributed by atoms with Gasteiger partial charge in [0.15, 0.2) is 19.0 Å². The van der Waals surface area contributed by atoms with E-state index >= 15 is 0 Å². The summed E-state index contributed by atoms with van der Waals surface area (Å²) in [4.78, 5) is 11.9. The molecule has 0 aliphatic carbocycles. The van der Waals surface area contributed by atoms with Crippen molar-refractivity contribution in [3.05, 3.63) is 53.6 Å². The van der Waals surface area contributed by atoms with E-state index < -0.39 is 5.97 Å². The number of hydrogen-bond donors (Lipinski definition) is 0. The molecule has 0 fully saturated rings. The van der Waals surface area contributed by atoms with Crippen molar-refractivity contribution in [1.82, 2.24) is 10.2 Å². The first-order chi connectivity index (χ1) is 12.5. The van der Waals surface area contributed by atoms with Gasteiger partial charge >= 0.3 is 5.97 Å². The molecule has 2 aromatic heterocycles. The van der Waals surface area contributed by atoms with Gasteiger partial charge in [0.25, 0.3) is 11.8 Å². The highest BCUT2D eigenvalue weighted by molar-refractivity contribution is 5.71. The van der Waals surface area contributed by atoms with E-state index in [1.54, 1.807) is 12.1 Å². The first-order valence-corrected chi connectivity index (χ1v) is 8.28. The maximum atomic E-state index is 11.9. The van der Waals surface area contributed by atoms with Crippen LogP contribution in [0.25, 0.3) is 11.7 Å². The van der Waals surface area contributed by atoms with Gasteiger partial charge in [-0.25, -0.2) is 4.79 Å². The van der Waals surface area contributed by atoms with E-state index in [9.17, 15) is 4.79 Å². The number of ether oxygens (including phenoxy) is 2. The summed E-state index contributed by atoms with van der Waals surface area (Å²) >= 11 is 0. The lowest BCUT2D eigenvalue weighted by atomic mass is 10.0. The van der Waals surface area contributed by atoms with Crippen LogP contribution in [0.4, 0.5) is 0 Å². The van der Waals surface area contributed by atoms with E-state index in [1.165, 1.54) is 6.26 Å². The topological polar surface area (TPSA) is 87.6 Å². The monoisotopic (exact) mass is 356 g/mol. The van der Waals surface area contributed by atoms with Crippen LogP contribution in [-0.4, -0.2) is 22.8 Å². The van der Waals surface area contributed by atoms with Crippen LogP contribution < -0.4 is 4.74 Å². The van der Waals surface area contributed by atoms with Crippen molar-refractivity contribution >= 4 is 5.97 Å². The molecular formula is C19H20N2O5. The van der Waals surface area contributed by atoms with E-state index in [0.717, 1.165) is 11.1 Å². The van der Waals surface area contributed by atoms with E-state index in [2.05, 4.69) is 24.0 Å². The van der Waals surface area contributed by atoms with Gasteiger partial charge in [-0.15, -0.1) is 10.2 Å². The van der Waals surface area contributed by atoms with Gasteiger partial charge < -0.3 is 18.3 Å². The minimum Gasteiger partial charge on any atom is -0.482 e. The molecule has 7 nitrogen and oxygen atoms in total. The molecular weight excluding hydrogens is 336 g/mol. The van der Waals surface area contributed by atoms with Crippen LogP contribution in [0.3, 0.4) is 0 Å². The molecule has 0 spiro atoms. The zero-order valence-corrected chi connectivity index (χ0v) is 14.9. The number of hydrogen-bond acceptors (Lipinski definition) is 7. The van der Waals surface area contributed by atoms with Crippen molar-refractivity contribution in [2.75, 3.05) is 6.61 Å². The largest absolute Gasteiger partial charge is 0.482 e. The molecule has 0 atom stereocenters. The van der Waals surface area contributed by atoms with Gasteiger partial charge in [-0.1, -0.05) is 26.0 Å². The number of esters is 1. The number of aromatic nitrogens is 2. The Bertz CT molecular complexity index is 868. The third-order valence-corrected chi connectivity index (χ3v) is 3.69. The molecule has 7 heteroatoms. The second kappa shape index (κ2) is 7.86. The van der Waals surface area contributed by atoms with Crippen LogP contribution in [-0.2, 0) is 16.1 Å². The predicted octanol–water partition coefficient (Wildman–Crippen LogP) is 3.88. The highest BCUT2D eigenvalue weighted by Gasteiger charge is 2.14. The Morgan fingerprint density at radius 3 is 2.81 bits per heavy atom. The van der Waals surface area contributed by atoms with Crippen LogP contribution in [0.1, 0.15) is 36.8 Å². The van der Waals surface area contributed by atoms with Crippen LogP contribution in [0.2, 0.25) is 0 Å². The third-order valence-electron chi connectivity index (χ3n) is 3.69. The summed E-state index contributed by atoms with van der Waals surface area (Å²) in [5, 5.41) is 7.65. The average Bonchev–Trinajstić information content (AvgIpc) is 3.29. The average molecular weight is 356 g/mol. The Morgan fingerprint density at radius 1 is 1.23 bits per heavy atom. The normalized spacial score (nSPS) is 10.9. The number of benzene rings is 1. The zero-order chi connectivity index (χ0) is 18.5. The van der Waals surface area contributed by atoms with Gasteiger partial charge in [0.1, 0.15) is 5.75 Å². The number of nitrogens with zero attached hydrogens (tertiary/aromatic N) is 2. The highest BCUT2D eigenvalue weighted by atomic mass is 16.6. The van der Waals surface area contributed by atoms with E-state index in [0.29, 0.717) is 17.4 Å². The Balaban J connectivity index is 1.53. The van der Waals surface area contributed by atoms with Crippen molar-refractivity contribution in [1.29, 1.82) is 0 Å². The fourth-order valence-electron chi connectivity index (χ4n) is 2.38. The second-order valence-electron chi connectivity index (χ2n) is 6.12. The summed E-state index contributed by atoms with van der Waals surface area (Å²) in [7, 11) is 0. The van der Waals surface area contributed by atoms with Gasteiger partial charge in [0, 0.05) is 0 Å². The van der Waals surface area contributed by atoms with E-state index in [1.807, 2.05) is 25.1 Å². The predicted molar refractivity (Wildman–Crippen MR) is 92.6 cm³/mol. The summed E-state index contributed by atoms with van der Waals surface area (Å²) in [6.45, 7) is 5.80. The van der Waals surface area contributed by atoms with Crippen molar-refractivity contribution in [3.8, 4) is 17.4 Å². The maximum Gasteiger partial charge on any atom is 0.344 e. The van der Waals surface area contributed by atoms with E-state index in [-0.39, 0.29) is 25.0 Å². The van der Waals surface area contributed by atoms with E-state index in [4.69, 9.17) is 18.3 Å². The first kappa shape index (κ1) is 17.7. The summed E-state index contributed by atoms with van der Waals surface area (Å²) in [6.07, 6.45) is 1.51. The van der Waals surface area contributed by atoms with Crippen molar-refractivity contribution in [3.63, 3.8) is 0 Å². The van der Waals surface area contributed by atoms with Gasteiger partial charge in [0.05, 0.1) is 6.26 Å². The quantitative estimate of drug-likeness (QED) is 0.594. The van der Waals surface area contributed by atoms with Crippen LogP contribution in [0.5, 0.6) is 5.75 Å². The first-order valence-electron chi connectivity index (χ1n) is 8.28. The summed E-state index contributed by atoms with van der Waals surface area (Å²) in [5.74, 6) is 1.34. The number of furan rings is 1. The summed E-state index contributed by atoms with van der Waals surface area (Å²) in [6, 6.07) is 9.36. The third kappa shape index (κ3) is 4.30. The van der Waals surface area contributed by atoms with Crippen molar-refractivity contribution in [2.24, 2.45) is 0 Å². The molecule has 0 radical (unpaired) electrons. The lowest BCUT2D eigenvalue weighted by Crippen LogP contribution is -2.15. The van der Waals surface area contributed by atoms with Gasteiger partial charge in [0.2, 0.25) is 0 Å². The molecule has 3 aromatic rings. The Hall–Kier alpha value is -3.09. The second-order valence-corrected chi connectivity index (χ2v) is 6.12. The number of carbonyl (C=O) groups excluding carboxylic acids is 1. The lowest BCUT2D eigenvalue weighted by molar-refractivity contribution is -0.148. The van der Waals surface area contributed by atoms with Crippen LogP contribution in [0, 0.1) is 6.92 Å². The summed E-state index contributed by atoms with van der Waals surface area (Å²) in [5.41, 5.74) is 2.11. The van der Waals surface area contributed by atoms with Gasteiger partial charge in [-0.2, -0.15) is 0 Å². The fourth-order valence-corrected chi connectivity index (χ4v) is 2.38. The van der Waals surface area contributed by atoms with Gasteiger partial charge in [-0.3, -0.25) is 0 Å². The lowest BCUT2D eigenvalue weighted by Gasteiger charge is -2.14. The Morgan fingerprint density at radius 2 is 2.08 bits per heavy atom. The minimum absolute atomic E-state index is 0.124. The molecule has 1 aromatic carbocycles.